The maximum atomic E-state index is 13.0. The highest BCUT2D eigenvalue weighted by atomic mass is 19.1. The van der Waals surface area contributed by atoms with Gasteiger partial charge in [-0.1, -0.05) is 0 Å². The molecule has 1 heterocycles. The van der Waals surface area contributed by atoms with Gasteiger partial charge in [-0.15, -0.1) is 12.3 Å². The van der Waals surface area contributed by atoms with Gasteiger partial charge in [-0.2, -0.15) is 0 Å². The molecule has 1 N–H and O–H groups in total. The lowest BCUT2D eigenvalue weighted by Crippen LogP contribution is -2.25. The van der Waals surface area contributed by atoms with Gasteiger partial charge in [-0.25, -0.2) is 4.39 Å². The zero-order chi connectivity index (χ0) is 10.4. The normalized spacial score (nSPS) is 9.14. The van der Waals surface area contributed by atoms with Crippen molar-refractivity contribution in [1.82, 2.24) is 10.3 Å². The van der Waals surface area contributed by atoms with E-state index in [0.29, 0.717) is 13.0 Å². The van der Waals surface area contributed by atoms with Crippen molar-refractivity contribution in [3.8, 4) is 12.3 Å². The standard InChI is InChI=1S/C10H9FN2O/c1-2-3-5-13-10(14)8-4-6-12-7-9(8)11/h1,4,6-7H,3,5H2,(H,13,14). The summed E-state index contributed by atoms with van der Waals surface area (Å²) >= 11 is 0. The third kappa shape index (κ3) is 2.56. The molecule has 0 aliphatic rings. The molecule has 1 aromatic rings. The van der Waals surface area contributed by atoms with E-state index in [4.69, 9.17) is 6.42 Å². The van der Waals surface area contributed by atoms with E-state index >= 15 is 0 Å². The van der Waals surface area contributed by atoms with Gasteiger partial charge in [-0.3, -0.25) is 9.78 Å². The number of hydrogen-bond donors (Lipinski definition) is 1. The molecule has 0 unspecified atom stereocenters. The average molecular weight is 192 g/mol. The zero-order valence-electron chi connectivity index (χ0n) is 7.46. The summed E-state index contributed by atoms with van der Waals surface area (Å²) in [5.74, 6) is 1.26. The van der Waals surface area contributed by atoms with Crippen molar-refractivity contribution >= 4 is 5.91 Å². The largest absolute Gasteiger partial charge is 0.351 e. The van der Waals surface area contributed by atoms with Gasteiger partial charge >= 0.3 is 0 Å². The summed E-state index contributed by atoms with van der Waals surface area (Å²) in [6.07, 6.45) is 7.78. The van der Waals surface area contributed by atoms with E-state index in [1.807, 2.05) is 0 Å². The fraction of sp³-hybridized carbons (Fsp3) is 0.200. The second-order valence-electron chi connectivity index (χ2n) is 2.57. The average Bonchev–Trinajstić information content (AvgIpc) is 2.18. The van der Waals surface area contributed by atoms with Gasteiger partial charge in [-0.05, 0) is 6.07 Å². The number of terminal acetylenes is 1. The number of halogens is 1. The monoisotopic (exact) mass is 192 g/mol. The Bertz CT molecular complexity index is 371. The second kappa shape index (κ2) is 4.97. The fourth-order valence-corrected chi connectivity index (χ4v) is 0.903. The van der Waals surface area contributed by atoms with Crippen LogP contribution in [0, 0.1) is 18.2 Å². The van der Waals surface area contributed by atoms with Crippen molar-refractivity contribution in [3.63, 3.8) is 0 Å². The molecule has 14 heavy (non-hydrogen) atoms. The van der Waals surface area contributed by atoms with Crippen molar-refractivity contribution in [1.29, 1.82) is 0 Å². The fourth-order valence-electron chi connectivity index (χ4n) is 0.903. The molecule has 0 aliphatic carbocycles. The highest BCUT2D eigenvalue weighted by molar-refractivity contribution is 5.94. The summed E-state index contributed by atoms with van der Waals surface area (Å²) in [6, 6.07) is 1.32. The first kappa shape index (κ1) is 10.2. The predicted octanol–water partition coefficient (Wildman–Crippen LogP) is 0.974. The van der Waals surface area contributed by atoms with Gasteiger partial charge in [0.25, 0.3) is 5.91 Å². The highest BCUT2D eigenvalue weighted by Crippen LogP contribution is 2.03. The number of nitrogens with one attached hydrogen (secondary N) is 1. The summed E-state index contributed by atoms with van der Waals surface area (Å²) < 4.78 is 13.0. The molecule has 4 heteroatoms. The van der Waals surface area contributed by atoms with Gasteiger partial charge in [0.05, 0.1) is 11.8 Å². The molecule has 0 aromatic carbocycles. The summed E-state index contributed by atoms with van der Waals surface area (Å²) in [6.45, 7) is 0.344. The Hall–Kier alpha value is -1.89. The highest BCUT2D eigenvalue weighted by Gasteiger charge is 2.09. The van der Waals surface area contributed by atoms with Crippen LogP contribution in [0.5, 0.6) is 0 Å². The molecular weight excluding hydrogens is 183 g/mol. The van der Waals surface area contributed by atoms with E-state index in [1.54, 1.807) is 0 Å². The lowest BCUT2D eigenvalue weighted by Gasteiger charge is -2.02. The molecule has 0 aliphatic heterocycles. The molecule has 0 saturated heterocycles. The molecule has 1 rings (SSSR count). The van der Waals surface area contributed by atoms with Crippen molar-refractivity contribution in [2.24, 2.45) is 0 Å². The molecular formula is C10H9FN2O. The van der Waals surface area contributed by atoms with Crippen molar-refractivity contribution in [2.75, 3.05) is 6.54 Å². The van der Waals surface area contributed by atoms with Crippen LogP contribution in [0.2, 0.25) is 0 Å². The van der Waals surface area contributed by atoms with Crippen LogP contribution in [0.3, 0.4) is 0 Å². The maximum absolute atomic E-state index is 13.0. The van der Waals surface area contributed by atoms with Crippen molar-refractivity contribution in [3.05, 3.63) is 29.8 Å². The van der Waals surface area contributed by atoms with Gasteiger partial charge in [0.2, 0.25) is 0 Å². The van der Waals surface area contributed by atoms with Gasteiger partial charge in [0, 0.05) is 19.2 Å². The first-order chi connectivity index (χ1) is 6.75. The molecule has 0 bridgehead atoms. The Morgan fingerprint density at radius 1 is 1.71 bits per heavy atom. The second-order valence-corrected chi connectivity index (χ2v) is 2.57. The molecule has 1 aromatic heterocycles. The molecule has 0 spiro atoms. The lowest BCUT2D eigenvalue weighted by molar-refractivity contribution is 0.0950. The Balaban J connectivity index is 2.62. The Morgan fingerprint density at radius 2 is 2.50 bits per heavy atom. The SMILES string of the molecule is C#CCCNC(=O)c1ccncc1F. The minimum atomic E-state index is -0.634. The number of hydrogen-bond acceptors (Lipinski definition) is 2. The van der Waals surface area contributed by atoms with Crippen LogP contribution >= 0.6 is 0 Å². The molecule has 0 atom stereocenters. The Kier molecular flexibility index (Phi) is 3.62. The number of carbonyl (C=O) groups is 1. The quantitative estimate of drug-likeness (QED) is 0.572. The number of nitrogens with zero attached hydrogens (tertiary/aromatic N) is 1. The van der Waals surface area contributed by atoms with Gasteiger partial charge in [0.1, 0.15) is 0 Å². The number of rotatable bonds is 3. The van der Waals surface area contributed by atoms with Gasteiger partial charge in [0.15, 0.2) is 5.82 Å². The van der Waals surface area contributed by atoms with Crippen LogP contribution in [0.15, 0.2) is 18.5 Å². The molecule has 72 valence electrons. The van der Waals surface area contributed by atoms with Gasteiger partial charge < -0.3 is 5.32 Å². The molecule has 3 nitrogen and oxygen atoms in total. The summed E-state index contributed by atoms with van der Waals surface area (Å²) in [7, 11) is 0. The number of carbonyl (C=O) groups excluding carboxylic acids is 1. The predicted molar refractivity (Wildman–Crippen MR) is 50.0 cm³/mol. The van der Waals surface area contributed by atoms with E-state index in [2.05, 4.69) is 16.2 Å². The van der Waals surface area contributed by atoms with Crippen LogP contribution in [-0.4, -0.2) is 17.4 Å². The third-order valence-corrected chi connectivity index (χ3v) is 1.57. The molecule has 0 fully saturated rings. The Morgan fingerprint density at radius 3 is 3.14 bits per heavy atom. The van der Waals surface area contributed by atoms with Crippen LogP contribution in [0.25, 0.3) is 0 Å². The van der Waals surface area contributed by atoms with Crippen molar-refractivity contribution in [2.45, 2.75) is 6.42 Å². The first-order valence-electron chi connectivity index (χ1n) is 4.07. The minimum Gasteiger partial charge on any atom is -0.351 e. The van der Waals surface area contributed by atoms with Crippen LogP contribution < -0.4 is 5.32 Å². The van der Waals surface area contributed by atoms with E-state index in [-0.39, 0.29) is 5.56 Å². The lowest BCUT2D eigenvalue weighted by atomic mass is 10.2. The van der Waals surface area contributed by atoms with E-state index in [0.717, 1.165) is 6.20 Å². The van der Waals surface area contributed by atoms with Crippen LogP contribution in [0.1, 0.15) is 16.8 Å². The van der Waals surface area contributed by atoms with E-state index < -0.39 is 11.7 Å². The summed E-state index contributed by atoms with van der Waals surface area (Å²) in [5.41, 5.74) is -0.0166. The zero-order valence-corrected chi connectivity index (χ0v) is 7.46. The van der Waals surface area contributed by atoms with Crippen molar-refractivity contribution < 1.29 is 9.18 Å². The van der Waals surface area contributed by atoms with E-state index in [9.17, 15) is 9.18 Å². The summed E-state index contributed by atoms with van der Waals surface area (Å²) in [5, 5.41) is 2.49. The maximum Gasteiger partial charge on any atom is 0.254 e. The number of aromatic nitrogens is 1. The molecule has 0 radical (unpaired) electrons. The Labute approximate surface area is 81.4 Å². The van der Waals surface area contributed by atoms with Crippen LogP contribution in [0.4, 0.5) is 4.39 Å². The topological polar surface area (TPSA) is 42.0 Å². The van der Waals surface area contributed by atoms with Crippen LogP contribution in [-0.2, 0) is 0 Å². The van der Waals surface area contributed by atoms with E-state index in [1.165, 1.54) is 12.3 Å². The third-order valence-electron chi connectivity index (χ3n) is 1.57. The number of amides is 1. The molecule has 1 amide bonds. The number of pyridine rings is 1. The minimum absolute atomic E-state index is 0.0166. The molecule has 0 saturated carbocycles. The first-order valence-corrected chi connectivity index (χ1v) is 4.07. The summed E-state index contributed by atoms with van der Waals surface area (Å²) in [4.78, 5) is 14.8. The smallest absolute Gasteiger partial charge is 0.254 e.